The summed E-state index contributed by atoms with van der Waals surface area (Å²) in [6, 6.07) is 0. The van der Waals surface area contributed by atoms with Crippen molar-refractivity contribution in [2.24, 2.45) is 16.7 Å². The van der Waals surface area contributed by atoms with E-state index in [2.05, 4.69) is 0 Å². The molecule has 7 atom stereocenters. The van der Waals surface area contributed by atoms with Gasteiger partial charge in [0.05, 0.1) is 12.0 Å². The van der Waals surface area contributed by atoms with Gasteiger partial charge in [0.25, 0.3) is 0 Å². The second kappa shape index (κ2) is 9.03. The Labute approximate surface area is 197 Å². The Bertz CT molecular complexity index is 992. The molecule has 1 saturated heterocycles. The Morgan fingerprint density at radius 3 is 2.18 bits per heavy atom. The molecule has 0 aromatic heterocycles. The molecular weight excluding hydrogens is 416 g/mol. The van der Waals surface area contributed by atoms with Gasteiger partial charge in [-0.1, -0.05) is 68.5 Å². The van der Waals surface area contributed by atoms with Crippen molar-refractivity contribution in [3.63, 3.8) is 0 Å². The van der Waals surface area contributed by atoms with Gasteiger partial charge in [-0.3, -0.25) is 9.59 Å². The zero-order chi connectivity index (χ0) is 24.6. The van der Waals surface area contributed by atoms with Crippen LogP contribution in [0.2, 0.25) is 0 Å². The molecule has 0 aromatic carbocycles. The van der Waals surface area contributed by atoms with Crippen LogP contribution in [0.4, 0.5) is 0 Å². The van der Waals surface area contributed by atoms with Crippen molar-refractivity contribution < 1.29 is 24.2 Å². The molecule has 178 valence electrons. The Hall–Kier alpha value is -2.50. The third kappa shape index (κ3) is 4.24. The Morgan fingerprint density at radius 2 is 1.58 bits per heavy atom. The molecule has 0 spiro atoms. The number of ether oxygens (including phenoxy) is 2. The van der Waals surface area contributed by atoms with E-state index in [1.165, 1.54) is 0 Å². The quantitative estimate of drug-likeness (QED) is 0.271. The largest absolute Gasteiger partial charge is 0.460 e. The van der Waals surface area contributed by atoms with Gasteiger partial charge in [0.2, 0.25) is 0 Å². The summed E-state index contributed by atoms with van der Waals surface area (Å²) in [7, 11) is 0. The lowest BCUT2D eigenvalue weighted by Crippen LogP contribution is -2.46. The average Bonchev–Trinajstić information content (AvgIpc) is 3.02. The summed E-state index contributed by atoms with van der Waals surface area (Å²) in [6.45, 7) is 13.1. The number of rotatable bonds is 6. The van der Waals surface area contributed by atoms with E-state index in [4.69, 9.17) is 9.47 Å². The zero-order valence-corrected chi connectivity index (χ0v) is 20.7. The number of fused-ring (bicyclic) bond motifs is 2. The molecule has 0 radical (unpaired) electrons. The minimum Gasteiger partial charge on any atom is -0.460 e. The van der Waals surface area contributed by atoms with Crippen molar-refractivity contribution in [1.82, 2.24) is 0 Å². The molecule has 0 aromatic rings. The number of ketones is 1. The maximum atomic E-state index is 12.6. The fourth-order valence-electron chi connectivity index (χ4n) is 5.24. The second-order valence-electron chi connectivity index (χ2n) is 10.1. The average molecular weight is 453 g/mol. The molecule has 1 N–H and O–H groups in total. The van der Waals surface area contributed by atoms with Gasteiger partial charge in [-0.15, -0.1) is 0 Å². The van der Waals surface area contributed by atoms with Gasteiger partial charge in [-0.25, -0.2) is 0 Å². The first-order valence-corrected chi connectivity index (χ1v) is 11.5. The number of carbonyl (C=O) groups excluding carboxylic acids is 2. The third-order valence-electron chi connectivity index (χ3n) is 7.59. The van der Waals surface area contributed by atoms with Crippen molar-refractivity contribution in [3.8, 4) is 0 Å². The lowest BCUT2D eigenvalue weighted by molar-refractivity contribution is -0.161. The highest BCUT2D eigenvalue weighted by Crippen LogP contribution is 2.60. The maximum absolute atomic E-state index is 12.6. The van der Waals surface area contributed by atoms with E-state index in [0.29, 0.717) is 0 Å². The van der Waals surface area contributed by atoms with Crippen molar-refractivity contribution in [1.29, 1.82) is 0 Å². The summed E-state index contributed by atoms with van der Waals surface area (Å²) in [4.78, 5) is 24.8. The highest BCUT2D eigenvalue weighted by Gasteiger charge is 2.73. The van der Waals surface area contributed by atoms with E-state index in [0.717, 1.165) is 11.1 Å². The van der Waals surface area contributed by atoms with Crippen LogP contribution in [-0.4, -0.2) is 40.8 Å². The molecule has 5 heteroatoms. The van der Waals surface area contributed by atoms with Gasteiger partial charge < -0.3 is 14.6 Å². The minimum absolute atomic E-state index is 0.0177. The number of Topliss-reactive ketones (excluding diaryl/α,β-unsaturated/α-hetero) is 1. The molecule has 0 amide bonds. The molecule has 5 nitrogen and oxygen atoms in total. The Kier molecular flexibility index (Phi) is 6.88. The SMILES string of the molecule is CC1=C[C@@](C)(O)[C@H](/C(C)=C/C=C/C=C/C=C/C=C/[C@]2(C)C3OC(=O)C2(C)C(=O)[C@@H]3C)O[C@@H]1C. The molecule has 1 saturated carbocycles. The van der Waals surface area contributed by atoms with Crippen molar-refractivity contribution in [2.75, 3.05) is 0 Å². The van der Waals surface area contributed by atoms with Crippen LogP contribution >= 0.6 is 0 Å². The molecule has 2 aliphatic heterocycles. The lowest BCUT2D eigenvalue weighted by atomic mass is 9.68. The molecule has 2 heterocycles. The first-order chi connectivity index (χ1) is 15.4. The van der Waals surface area contributed by atoms with Crippen LogP contribution in [0.15, 0.2) is 71.9 Å². The number of hydrogen-bond donors (Lipinski definition) is 1. The predicted molar refractivity (Wildman–Crippen MR) is 129 cm³/mol. The first kappa shape index (κ1) is 25.1. The Morgan fingerprint density at radius 1 is 1.00 bits per heavy atom. The number of hydrogen-bond acceptors (Lipinski definition) is 5. The van der Waals surface area contributed by atoms with Crippen LogP contribution in [0.1, 0.15) is 48.5 Å². The zero-order valence-electron chi connectivity index (χ0n) is 20.7. The number of allylic oxidation sites excluding steroid dienone is 8. The maximum Gasteiger partial charge on any atom is 0.320 e. The summed E-state index contributed by atoms with van der Waals surface area (Å²) < 4.78 is 11.5. The van der Waals surface area contributed by atoms with E-state index in [1.54, 1.807) is 13.8 Å². The first-order valence-electron chi connectivity index (χ1n) is 11.5. The van der Waals surface area contributed by atoms with Crippen LogP contribution in [0.3, 0.4) is 0 Å². The molecule has 2 unspecified atom stereocenters. The number of carbonyl (C=O) groups is 2. The van der Waals surface area contributed by atoms with Crippen molar-refractivity contribution >= 4 is 11.8 Å². The van der Waals surface area contributed by atoms with E-state index in [9.17, 15) is 14.7 Å². The second-order valence-corrected chi connectivity index (χ2v) is 10.1. The van der Waals surface area contributed by atoms with E-state index < -0.39 is 28.5 Å². The predicted octanol–water partition coefficient (Wildman–Crippen LogP) is 4.80. The fourth-order valence-corrected chi connectivity index (χ4v) is 5.24. The smallest absolute Gasteiger partial charge is 0.320 e. The normalized spacial score (nSPS) is 41.8. The van der Waals surface area contributed by atoms with Crippen LogP contribution in [-0.2, 0) is 19.1 Å². The summed E-state index contributed by atoms with van der Waals surface area (Å²) in [6.07, 6.45) is 18.2. The van der Waals surface area contributed by atoms with Gasteiger partial charge >= 0.3 is 5.97 Å². The van der Waals surface area contributed by atoms with Gasteiger partial charge in [-0.05, 0) is 51.8 Å². The minimum atomic E-state index is -1.11. The fraction of sp³-hybridized carbons (Fsp3) is 0.500. The van der Waals surface area contributed by atoms with Gasteiger partial charge in [-0.2, -0.15) is 0 Å². The van der Waals surface area contributed by atoms with Crippen LogP contribution in [0, 0.1) is 16.7 Å². The topological polar surface area (TPSA) is 72.8 Å². The summed E-state index contributed by atoms with van der Waals surface area (Å²) in [5.74, 6) is -0.728. The van der Waals surface area contributed by atoms with Gasteiger partial charge in [0, 0.05) is 5.41 Å². The van der Waals surface area contributed by atoms with Crippen molar-refractivity contribution in [2.45, 2.75) is 72.4 Å². The molecular formula is C28H36O5. The molecule has 2 bridgehead atoms. The highest BCUT2D eigenvalue weighted by molar-refractivity contribution is 6.10. The third-order valence-corrected chi connectivity index (χ3v) is 7.59. The van der Waals surface area contributed by atoms with Crippen LogP contribution < -0.4 is 0 Å². The Balaban J connectivity index is 1.57. The molecule has 33 heavy (non-hydrogen) atoms. The number of aliphatic hydroxyl groups is 1. The monoisotopic (exact) mass is 452 g/mol. The highest BCUT2D eigenvalue weighted by atomic mass is 16.6. The van der Waals surface area contributed by atoms with E-state index in [-0.39, 0.29) is 23.9 Å². The van der Waals surface area contributed by atoms with Crippen molar-refractivity contribution in [3.05, 3.63) is 71.9 Å². The lowest BCUT2D eigenvalue weighted by Gasteiger charge is -2.38. The van der Waals surface area contributed by atoms with Gasteiger partial charge in [0.15, 0.2) is 5.78 Å². The number of esters is 1. The summed E-state index contributed by atoms with van der Waals surface area (Å²) in [5, 5.41) is 10.7. The summed E-state index contributed by atoms with van der Waals surface area (Å²) >= 11 is 0. The molecule has 1 aliphatic carbocycles. The van der Waals surface area contributed by atoms with Crippen LogP contribution in [0.5, 0.6) is 0 Å². The van der Waals surface area contributed by atoms with E-state index in [1.807, 2.05) is 95.4 Å². The molecule has 3 aliphatic rings. The molecule has 2 fully saturated rings. The summed E-state index contributed by atoms with van der Waals surface area (Å²) in [5.41, 5.74) is -0.784. The van der Waals surface area contributed by atoms with E-state index >= 15 is 0 Å². The van der Waals surface area contributed by atoms with Crippen LogP contribution in [0.25, 0.3) is 0 Å². The molecule has 3 rings (SSSR count). The van der Waals surface area contributed by atoms with Gasteiger partial charge in [0.1, 0.15) is 23.2 Å². The standard InChI is InChI=1S/C28H36O5/c1-18(23-27(6,31)17-19(2)21(4)32-23)15-13-11-9-8-10-12-14-16-26(5)24-20(3)22(29)28(26,7)25(30)33-24/h8-17,20-21,23-24,31H,1-7H3/b9-8+,12-10+,13-11+,16-14+,18-15+/t20-,21+,23-,24?,26+,27+,28?/m0/s1.